The van der Waals surface area contributed by atoms with E-state index in [4.69, 9.17) is 0 Å². The van der Waals surface area contributed by atoms with Crippen molar-refractivity contribution in [2.75, 3.05) is 0 Å². The Morgan fingerprint density at radius 1 is 1.35 bits per heavy atom. The first-order valence-corrected chi connectivity index (χ1v) is 8.24. The van der Waals surface area contributed by atoms with Crippen molar-refractivity contribution in [1.82, 2.24) is 5.32 Å². The molecule has 0 saturated carbocycles. The van der Waals surface area contributed by atoms with Crippen LogP contribution in [0.15, 0.2) is 27.8 Å². The lowest BCUT2D eigenvalue weighted by molar-refractivity contribution is 0.388. The summed E-state index contributed by atoms with van der Waals surface area (Å²) >= 11 is 3.95. The first-order chi connectivity index (χ1) is 8.33. The van der Waals surface area contributed by atoms with Crippen molar-refractivity contribution in [3.05, 3.63) is 29.2 Å². The Kier molecular flexibility index (Phi) is 3.59. The van der Waals surface area contributed by atoms with Crippen LogP contribution in [-0.2, 0) is 0 Å². The van der Waals surface area contributed by atoms with E-state index in [1.54, 1.807) is 5.56 Å². The van der Waals surface area contributed by atoms with E-state index in [9.17, 15) is 0 Å². The molecule has 1 aromatic rings. The molecular weight excluding hydrogens is 246 g/mol. The maximum Gasteiger partial charge on any atom is 0.0649 e. The lowest BCUT2D eigenvalue weighted by Gasteiger charge is -2.32. The fraction of sp³-hybridized carbons (Fsp3) is 0.571. The fourth-order valence-corrected chi connectivity index (χ4v) is 5.30. The van der Waals surface area contributed by atoms with Crippen LogP contribution in [0.1, 0.15) is 44.2 Å². The summed E-state index contributed by atoms with van der Waals surface area (Å²) in [4.78, 5) is 0. The average Bonchev–Trinajstić information content (AvgIpc) is 2.78. The summed E-state index contributed by atoms with van der Waals surface area (Å²) in [5, 5.41) is 6.86. The highest BCUT2D eigenvalue weighted by atomic mass is 32.2. The molecule has 2 heterocycles. The molecule has 1 aliphatic carbocycles. The van der Waals surface area contributed by atoms with Crippen molar-refractivity contribution in [3.8, 4) is 0 Å². The quantitative estimate of drug-likeness (QED) is 0.797. The molecule has 1 nitrogen and oxygen atoms in total. The molecule has 0 amide bonds. The van der Waals surface area contributed by atoms with Gasteiger partial charge in [-0.25, -0.2) is 0 Å². The van der Waals surface area contributed by atoms with Crippen molar-refractivity contribution < 1.29 is 0 Å². The van der Waals surface area contributed by atoms with Gasteiger partial charge in [-0.05, 0) is 42.7 Å². The van der Waals surface area contributed by atoms with Crippen LogP contribution < -0.4 is 5.32 Å². The maximum atomic E-state index is 3.87. The Labute approximate surface area is 112 Å². The summed E-state index contributed by atoms with van der Waals surface area (Å²) < 4.78 is 1.53. The number of thiophene rings is 1. The molecule has 0 saturated heterocycles. The van der Waals surface area contributed by atoms with Gasteiger partial charge in [-0.15, -0.1) is 23.1 Å². The van der Waals surface area contributed by atoms with Crippen molar-refractivity contribution in [3.63, 3.8) is 0 Å². The van der Waals surface area contributed by atoms with Crippen molar-refractivity contribution in [2.45, 2.75) is 54.1 Å². The van der Waals surface area contributed by atoms with E-state index in [1.807, 2.05) is 23.1 Å². The predicted molar refractivity (Wildman–Crippen MR) is 76.9 cm³/mol. The number of hydrogen-bond acceptors (Lipinski definition) is 3. The highest BCUT2D eigenvalue weighted by molar-refractivity contribution is 8.01. The molecule has 3 rings (SSSR count). The van der Waals surface area contributed by atoms with Gasteiger partial charge in [0.05, 0.1) is 4.21 Å². The molecule has 0 radical (unpaired) electrons. The number of nitrogens with one attached hydrogen (secondary N) is 1. The van der Waals surface area contributed by atoms with E-state index in [1.165, 1.54) is 29.9 Å². The molecule has 1 aromatic heterocycles. The predicted octanol–water partition coefficient (Wildman–Crippen LogP) is 4.37. The van der Waals surface area contributed by atoms with Gasteiger partial charge in [0.15, 0.2) is 0 Å². The first kappa shape index (κ1) is 11.8. The van der Waals surface area contributed by atoms with Crippen LogP contribution in [0.2, 0.25) is 0 Å². The zero-order valence-electron chi connectivity index (χ0n) is 10.2. The minimum atomic E-state index is 0.587. The molecule has 3 atom stereocenters. The van der Waals surface area contributed by atoms with Crippen LogP contribution in [0.25, 0.3) is 0 Å². The van der Waals surface area contributed by atoms with Crippen LogP contribution >= 0.6 is 23.1 Å². The summed E-state index contributed by atoms with van der Waals surface area (Å²) in [5.41, 5.74) is 1.55. The normalized spacial score (nSPS) is 32.4. The lowest BCUT2D eigenvalue weighted by Crippen LogP contribution is -2.35. The lowest BCUT2D eigenvalue weighted by atomic mass is 9.98. The molecule has 1 N–H and O–H groups in total. The summed E-state index contributed by atoms with van der Waals surface area (Å²) in [7, 11) is 0. The molecule has 0 bridgehead atoms. The molecule has 0 fully saturated rings. The fourth-order valence-electron chi connectivity index (χ4n) is 2.74. The van der Waals surface area contributed by atoms with Crippen LogP contribution in [0.3, 0.4) is 0 Å². The Bertz CT molecular complexity index is 410. The summed E-state index contributed by atoms with van der Waals surface area (Å²) in [6.07, 6.45) is 9.66. The third-order valence-electron chi connectivity index (χ3n) is 3.62. The molecule has 0 spiro atoms. The third kappa shape index (κ3) is 2.61. The topological polar surface area (TPSA) is 12.0 Å². The number of rotatable bonds is 2. The number of thioether (sulfide) groups is 1. The van der Waals surface area contributed by atoms with E-state index in [2.05, 4.69) is 35.8 Å². The standard InChI is InChI=1S/C14H19NS2/c1-10-9-13(12-7-8-16-14(12)17-10)15-11-5-3-2-4-6-11/h2-3,7-8,10-11,13,15H,4-6,9H2,1H3/t10-,11?,13?/m0/s1. The second-order valence-electron chi connectivity index (χ2n) is 5.03. The second kappa shape index (κ2) is 5.17. The monoisotopic (exact) mass is 265 g/mol. The van der Waals surface area contributed by atoms with Crippen LogP contribution in [-0.4, -0.2) is 11.3 Å². The molecule has 0 aromatic carbocycles. The third-order valence-corrected chi connectivity index (χ3v) is 5.96. The summed E-state index contributed by atoms with van der Waals surface area (Å²) in [6.45, 7) is 2.35. The van der Waals surface area contributed by atoms with Crippen molar-refractivity contribution in [1.29, 1.82) is 0 Å². The van der Waals surface area contributed by atoms with Gasteiger partial charge in [0, 0.05) is 17.3 Å². The Hall–Kier alpha value is -0.250. The van der Waals surface area contributed by atoms with Gasteiger partial charge in [-0.1, -0.05) is 19.1 Å². The van der Waals surface area contributed by atoms with E-state index < -0.39 is 0 Å². The smallest absolute Gasteiger partial charge is 0.0649 e. The molecule has 2 aliphatic rings. The van der Waals surface area contributed by atoms with Crippen molar-refractivity contribution >= 4 is 23.1 Å². The minimum Gasteiger partial charge on any atom is -0.307 e. The zero-order valence-corrected chi connectivity index (χ0v) is 11.8. The summed E-state index contributed by atoms with van der Waals surface area (Å²) in [5.74, 6) is 0. The van der Waals surface area contributed by atoms with Gasteiger partial charge in [0.25, 0.3) is 0 Å². The Morgan fingerprint density at radius 2 is 2.29 bits per heavy atom. The minimum absolute atomic E-state index is 0.587. The molecular formula is C14H19NS2. The molecule has 2 unspecified atom stereocenters. The maximum absolute atomic E-state index is 3.87. The van der Waals surface area contributed by atoms with Crippen molar-refractivity contribution in [2.24, 2.45) is 0 Å². The Morgan fingerprint density at radius 3 is 3.12 bits per heavy atom. The largest absolute Gasteiger partial charge is 0.307 e. The van der Waals surface area contributed by atoms with E-state index in [0.29, 0.717) is 12.1 Å². The highest BCUT2D eigenvalue weighted by Crippen LogP contribution is 2.44. The molecule has 17 heavy (non-hydrogen) atoms. The number of fused-ring (bicyclic) bond motifs is 1. The SMILES string of the molecule is C[C@H]1CC(NC2CC=CCC2)c2ccsc2S1. The van der Waals surface area contributed by atoms with Gasteiger partial charge in [-0.3, -0.25) is 0 Å². The highest BCUT2D eigenvalue weighted by Gasteiger charge is 2.27. The average molecular weight is 265 g/mol. The first-order valence-electron chi connectivity index (χ1n) is 6.48. The van der Waals surface area contributed by atoms with Gasteiger partial charge in [0.2, 0.25) is 0 Å². The van der Waals surface area contributed by atoms with E-state index in [-0.39, 0.29) is 0 Å². The van der Waals surface area contributed by atoms with Crippen LogP contribution in [0, 0.1) is 0 Å². The zero-order chi connectivity index (χ0) is 11.7. The van der Waals surface area contributed by atoms with Crippen LogP contribution in [0.4, 0.5) is 0 Å². The summed E-state index contributed by atoms with van der Waals surface area (Å²) in [6, 6.07) is 3.59. The van der Waals surface area contributed by atoms with Gasteiger partial charge in [0.1, 0.15) is 0 Å². The number of hydrogen-bond donors (Lipinski definition) is 1. The van der Waals surface area contributed by atoms with Gasteiger partial charge >= 0.3 is 0 Å². The van der Waals surface area contributed by atoms with Gasteiger partial charge < -0.3 is 5.32 Å². The molecule has 1 aliphatic heterocycles. The van der Waals surface area contributed by atoms with E-state index >= 15 is 0 Å². The van der Waals surface area contributed by atoms with E-state index in [0.717, 1.165) is 5.25 Å². The van der Waals surface area contributed by atoms with Gasteiger partial charge in [-0.2, -0.15) is 0 Å². The Balaban J connectivity index is 1.73. The second-order valence-corrected chi connectivity index (χ2v) is 7.65. The molecule has 92 valence electrons. The number of allylic oxidation sites excluding steroid dienone is 1. The van der Waals surface area contributed by atoms with Crippen LogP contribution in [0.5, 0.6) is 0 Å². The molecule has 3 heteroatoms.